The molecule has 0 aliphatic carbocycles. The average Bonchev–Trinajstić information content (AvgIpc) is 2.52. The van der Waals surface area contributed by atoms with Crippen LogP contribution in [0.4, 0.5) is 13.2 Å². The van der Waals surface area contributed by atoms with Crippen molar-refractivity contribution in [1.29, 1.82) is 0 Å². The van der Waals surface area contributed by atoms with Crippen LogP contribution in [-0.2, 0) is 13.1 Å². The Bertz CT molecular complexity index is 693. The Hall–Kier alpha value is -1.75. The lowest BCUT2D eigenvalue weighted by molar-refractivity contribution is -0.274. The number of hydrogen-bond acceptors (Lipinski definition) is 3. The van der Waals surface area contributed by atoms with Crippen molar-refractivity contribution in [3.8, 4) is 5.75 Å². The standard InChI is InChI=1S/C15H14ClF3N4O.HI/c16-13-6-3-11(8-21-13)9-23-14(20)22-7-10-1-4-12(5-2-10)24-15(17,18)19;/h1-6,8H,7,9H2,(H3,20,22,23);1H. The number of nitrogens with zero attached hydrogens (tertiary/aromatic N) is 2. The number of benzene rings is 1. The van der Waals surface area contributed by atoms with Gasteiger partial charge in [0.05, 0.1) is 6.54 Å². The molecule has 0 bridgehead atoms. The largest absolute Gasteiger partial charge is 0.573 e. The van der Waals surface area contributed by atoms with Gasteiger partial charge in [-0.05, 0) is 29.3 Å². The van der Waals surface area contributed by atoms with E-state index < -0.39 is 6.36 Å². The summed E-state index contributed by atoms with van der Waals surface area (Å²) >= 11 is 5.68. The van der Waals surface area contributed by atoms with Gasteiger partial charge in [-0.25, -0.2) is 9.98 Å². The third-order valence-electron chi connectivity index (χ3n) is 2.85. The molecule has 0 amide bonds. The van der Waals surface area contributed by atoms with E-state index in [4.69, 9.17) is 17.3 Å². The molecule has 5 nitrogen and oxygen atoms in total. The Morgan fingerprint density at radius 2 is 1.80 bits per heavy atom. The molecule has 1 aromatic heterocycles. The molecule has 0 atom stereocenters. The summed E-state index contributed by atoms with van der Waals surface area (Å²) in [7, 11) is 0. The molecule has 1 heterocycles. The minimum Gasteiger partial charge on any atom is -0.406 e. The van der Waals surface area contributed by atoms with Crippen LogP contribution in [0.1, 0.15) is 11.1 Å². The van der Waals surface area contributed by atoms with Crippen molar-refractivity contribution in [3.05, 3.63) is 58.9 Å². The smallest absolute Gasteiger partial charge is 0.406 e. The number of halogens is 5. The van der Waals surface area contributed by atoms with Gasteiger partial charge in [0.15, 0.2) is 5.96 Å². The highest BCUT2D eigenvalue weighted by molar-refractivity contribution is 14.0. The second-order valence-corrected chi connectivity index (χ2v) is 5.12. The summed E-state index contributed by atoms with van der Waals surface area (Å²) < 4.78 is 40.0. The van der Waals surface area contributed by atoms with Crippen LogP contribution in [0.3, 0.4) is 0 Å². The van der Waals surface area contributed by atoms with Crippen LogP contribution in [0, 0.1) is 0 Å². The number of ether oxygens (including phenoxy) is 1. The predicted molar refractivity (Wildman–Crippen MR) is 100.0 cm³/mol. The second kappa shape index (κ2) is 9.66. The summed E-state index contributed by atoms with van der Waals surface area (Å²) in [5, 5.41) is 3.26. The van der Waals surface area contributed by atoms with Crippen LogP contribution >= 0.6 is 35.6 Å². The fourth-order valence-electron chi connectivity index (χ4n) is 1.73. The van der Waals surface area contributed by atoms with Crippen LogP contribution in [-0.4, -0.2) is 17.3 Å². The van der Waals surface area contributed by atoms with E-state index in [1.165, 1.54) is 24.3 Å². The molecule has 0 fully saturated rings. The number of nitrogens with two attached hydrogens (primary N) is 1. The molecular formula is C15H15ClF3IN4O. The highest BCUT2D eigenvalue weighted by Gasteiger charge is 2.30. The van der Waals surface area contributed by atoms with Crippen molar-refractivity contribution in [2.75, 3.05) is 0 Å². The van der Waals surface area contributed by atoms with Gasteiger partial charge in [0.25, 0.3) is 0 Å². The van der Waals surface area contributed by atoms with Crippen LogP contribution in [0.5, 0.6) is 5.75 Å². The van der Waals surface area contributed by atoms with Gasteiger partial charge in [0.1, 0.15) is 10.9 Å². The Morgan fingerprint density at radius 3 is 2.36 bits per heavy atom. The summed E-state index contributed by atoms with van der Waals surface area (Å²) in [5.41, 5.74) is 7.31. The number of pyridine rings is 1. The van der Waals surface area contributed by atoms with E-state index in [2.05, 4.69) is 20.0 Å². The summed E-state index contributed by atoms with van der Waals surface area (Å²) in [5.74, 6) is -0.0660. The van der Waals surface area contributed by atoms with E-state index in [1.54, 1.807) is 18.3 Å². The second-order valence-electron chi connectivity index (χ2n) is 4.74. The van der Waals surface area contributed by atoms with E-state index >= 15 is 0 Å². The molecule has 0 aliphatic rings. The lowest BCUT2D eigenvalue weighted by Gasteiger charge is -2.10. The topological polar surface area (TPSA) is 72.5 Å². The minimum absolute atomic E-state index is 0. The summed E-state index contributed by atoms with van der Waals surface area (Å²) in [6, 6.07) is 8.91. The lowest BCUT2D eigenvalue weighted by Crippen LogP contribution is -2.31. The van der Waals surface area contributed by atoms with Gasteiger partial charge < -0.3 is 15.8 Å². The third kappa shape index (κ3) is 8.25. The maximum atomic E-state index is 12.1. The number of rotatable bonds is 5. The molecule has 0 unspecified atom stereocenters. The zero-order valence-electron chi connectivity index (χ0n) is 12.8. The number of hydrogen-bond donors (Lipinski definition) is 2. The molecule has 136 valence electrons. The van der Waals surface area contributed by atoms with Crippen LogP contribution in [0.25, 0.3) is 0 Å². The van der Waals surface area contributed by atoms with E-state index in [-0.39, 0.29) is 35.7 Å². The lowest BCUT2D eigenvalue weighted by atomic mass is 10.2. The summed E-state index contributed by atoms with van der Waals surface area (Å²) in [6.45, 7) is 0.655. The van der Waals surface area contributed by atoms with Gasteiger partial charge in [-0.1, -0.05) is 29.8 Å². The molecule has 0 aliphatic heterocycles. The van der Waals surface area contributed by atoms with Gasteiger partial charge in [-0.15, -0.1) is 37.1 Å². The third-order valence-corrected chi connectivity index (χ3v) is 3.07. The number of nitrogens with one attached hydrogen (secondary N) is 1. The van der Waals surface area contributed by atoms with E-state index in [0.717, 1.165) is 11.1 Å². The molecule has 0 spiro atoms. The van der Waals surface area contributed by atoms with Crippen molar-refractivity contribution in [2.24, 2.45) is 10.7 Å². The van der Waals surface area contributed by atoms with Crippen LogP contribution < -0.4 is 15.8 Å². The molecule has 3 N–H and O–H groups in total. The average molecular weight is 487 g/mol. The van der Waals surface area contributed by atoms with Gasteiger partial charge in [0, 0.05) is 12.7 Å². The zero-order chi connectivity index (χ0) is 17.6. The van der Waals surface area contributed by atoms with E-state index in [9.17, 15) is 13.2 Å². The van der Waals surface area contributed by atoms with Crippen molar-refractivity contribution < 1.29 is 17.9 Å². The molecule has 0 saturated heterocycles. The number of aliphatic imine (C=N–C) groups is 1. The first kappa shape index (κ1) is 21.3. The first-order valence-corrected chi connectivity index (χ1v) is 7.18. The number of alkyl halides is 3. The first-order valence-electron chi connectivity index (χ1n) is 6.81. The van der Waals surface area contributed by atoms with Gasteiger partial charge in [-0.2, -0.15) is 0 Å². The molecular weight excluding hydrogens is 472 g/mol. The fraction of sp³-hybridized carbons (Fsp3) is 0.200. The van der Waals surface area contributed by atoms with Crippen molar-refractivity contribution in [3.63, 3.8) is 0 Å². The van der Waals surface area contributed by atoms with Gasteiger partial charge in [-0.3, -0.25) is 0 Å². The monoisotopic (exact) mass is 486 g/mol. The molecule has 0 radical (unpaired) electrons. The number of guanidine groups is 1. The fourth-order valence-corrected chi connectivity index (χ4v) is 1.85. The van der Waals surface area contributed by atoms with Crippen molar-refractivity contribution in [2.45, 2.75) is 19.5 Å². The minimum atomic E-state index is -4.70. The highest BCUT2D eigenvalue weighted by Crippen LogP contribution is 2.22. The Morgan fingerprint density at radius 1 is 1.16 bits per heavy atom. The zero-order valence-corrected chi connectivity index (χ0v) is 15.8. The van der Waals surface area contributed by atoms with Gasteiger partial charge in [0.2, 0.25) is 0 Å². The molecule has 2 rings (SSSR count). The molecule has 10 heteroatoms. The normalized spacial score (nSPS) is 11.6. The quantitative estimate of drug-likeness (QED) is 0.291. The van der Waals surface area contributed by atoms with Crippen LogP contribution in [0.2, 0.25) is 5.15 Å². The van der Waals surface area contributed by atoms with Crippen LogP contribution in [0.15, 0.2) is 47.6 Å². The highest BCUT2D eigenvalue weighted by atomic mass is 127. The molecule has 25 heavy (non-hydrogen) atoms. The molecule has 1 aromatic carbocycles. The first-order chi connectivity index (χ1) is 11.3. The Balaban J connectivity index is 0.00000312. The van der Waals surface area contributed by atoms with E-state index in [1.807, 2.05) is 0 Å². The summed E-state index contributed by atoms with van der Waals surface area (Å²) in [4.78, 5) is 8.06. The van der Waals surface area contributed by atoms with Gasteiger partial charge >= 0.3 is 6.36 Å². The maximum Gasteiger partial charge on any atom is 0.573 e. The van der Waals surface area contributed by atoms with E-state index in [0.29, 0.717) is 18.2 Å². The SMILES string of the molecule is I.NC(=NCc1ccc(Cl)nc1)NCc1ccc(OC(F)(F)F)cc1. The maximum absolute atomic E-state index is 12.1. The summed E-state index contributed by atoms with van der Waals surface area (Å²) in [6.07, 6.45) is -3.11. The predicted octanol–water partition coefficient (Wildman–Crippen LogP) is 3.86. The number of aromatic nitrogens is 1. The Labute approximate surface area is 164 Å². The van der Waals surface area contributed by atoms with Crippen molar-refractivity contribution in [1.82, 2.24) is 10.3 Å². The molecule has 2 aromatic rings. The molecule has 0 saturated carbocycles. The Kier molecular flexibility index (Phi) is 8.23. The van der Waals surface area contributed by atoms with Crippen molar-refractivity contribution >= 4 is 41.5 Å².